The lowest BCUT2D eigenvalue weighted by Crippen LogP contribution is -2.25. The minimum Gasteiger partial charge on any atom is -0.228 e. The molecule has 14 rings (SSSR count). The standard InChI is InChI=1S/C60H36N2/c1-2-16-37(17-3-1)58-61-56(38-30-32-46-44-22-8-14-28-52(44)59(54(46)34-38)48-24-10-4-18-40(48)41-19-5-11-25-49(41)59)36-57(62-58)39-31-33-47-45-23-9-15-29-53(45)60(55(47)35-39)50-26-12-6-20-42(50)43-21-7-13-27-51(43)60/h1-36H. The summed E-state index contributed by atoms with van der Waals surface area (Å²) in [6.45, 7) is 0. The van der Waals surface area contributed by atoms with Crippen LogP contribution in [0.3, 0.4) is 0 Å². The zero-order valence-corrected chi connectivity index (χ0v) is 33.7. The van der Waals surface area contributed by atoms with Crippen molar-refractivity contribution in [2.24, 2.45) is 0 Å². The minimum atomic E-state index is -0.440. The Kier molecular flexibility index (Phi) is 6.72. The van der Waals surface area contributed by atoms with Crippen LogP contribution in [0.15, 0.2) is 218 Å². The maximum Gasteiger partial charge on any atom is 0.160 e. The first kappa shape index (κ1) is 33.8. The van der Waals surface area contributed by atoms with Gasteiger partial charge in [-0.2, -0.15) is 0 Å². The van der Waals surface area contributed by atoms with Crippen molar-refractivity contribution >= 4 is 0 Å². The molecule has 0 atom stereocenters. The molecule has 286 valence electrons. The van der Waals surface area contributed by atoms with Crippen LogP contribution < -0.4 is 0 Å². The SMILES string of the molecule is c1ccc(-c2nc(-c3ccc4c(c3)C3(c5ccccc5-c5ccccc53)c3ccccc3-4)cc(-c3ccc4c(c3)C3(c5ccccc5-c5ccccc53)c3ccccc3-4)n2)cc1. The molecule has 0 unspecified atom stereocenters. The quantitative estimate of drug-likeness (QED) is 0.178. The van der Waals surface area contributed by atoms with E-state index in [4.69, 9.17) is 9.97 Å². The Morgan fingerprint density at radius 2 is 0.516 bits per heavy atom. The first-order valence-corrected chi connectivity index (χ1v) is 21.6. The summed E-state index contributed by atoms with van der Waals surface area (Å²) in [6, 6.07) is 80.7. The van der Waals surface area contributed by atoms with Crippen LogP contribution in [-0.4, -0.2) is 9.97 Å². The smallest absolute Gasteiger partial charge is 0.160 e. The molecule has 9 aromatic carbocycles. The normalized spacial score (nSPS) is 14.4. The Morgan fingerprint density at radius 3 is 0.855 bits per heavy atom. The van der Waals surface area contributed by atoms with Crippen LogP contribution >= 0.6 is 0 Å². The molecule has 0 amide bonds. The third kappa shape index (κ3) is 4.19. The van der Waals surface area contributed by atoms with Gasteiger partial charge in [-0.3, -0.25) is 0 Å². The van der Waals surface area contributed by atoms with Crippen LogP contribution in [-0.2, 0) is 10.8 Å². The summed E-state index contributed by atoms with van der Waals surface area (Å²) >= 11 is 0. The van der Waals surface area contributed by atoms with E-state index in [1.54, 1.807) is 0 Å². The summed E-state index contributed by atoms with van der Waals surface area (Å²) in [5, 5.41) is 0. The lowest BCUT2D eigenvalue weighted by Gasteiger charge is -2.30. The second-order valence-electron chi connectivity index (χ2n) is 17.1. The van der Waals surface area contributed by atoms with Crippen LogP contribution in [0.4, 0.5) is 0 Å². The highest BCUT2D eigenvalue weighted by atomic mass is 14.9. The third-order valence-electron chi connectivity index (χ3n) is 14.3. The largest absolute Gasteiger partial charge is 0.228 e. The van der Waals surface area contributed by atoms with Crippen molar-refractivity contribution in [2.45, 2.75) is 10.8 Å². The average Bonchev–Trinajstić information content (AvgIpc) is 4.03. The van der Waals surface area contributed by atoms with Gasteiger partial charge in [0.1, 0.15) is 0 Å². The van der Waals surface area contributed by atoms with Crippen LogP contribution in [0.5, 0.6) is 0 Å². The molecule has 1 aromatic heterocycles. The van der Waals surface area contributed by atoms with Gasteiger partial charge in [0.25, 0.3) is 0 Å². The third-order valence-corrected chi connectivity index (χ3v) is 14.3. The van der Waals surface area contributed by atoms with E-state index < -0.39 is 10.8 Å². The van der Waals surface area contributed by atoms with Gasteiger partial charge in [0.05, 0.1) is 22.2 Å². The van der Waals surface area contributed by atoms with E-state index in [-0.39, 0.29) is 0 Å². The highest BCUT2D eigenvalue weighted by molar-refractivity contribution is 5.98. The molecular formula is C60H36N2. The Labute approximate surface area is 360 Å². The van der Waals surface area contributed by atoms with Gasteiger partial charge >= 0.3 is 0 Å². The van der Waals surface area contributed by atoms with Crippen molar-refractivity contribution in [2.75, 3.05) is 0 Å². The average molecular weight is 785 g/mol. The van der Waals surface area contributed by atoms with Gasteiger partial charge in [0, 0.05) is 16.7 Å². The summed E-state index contributed by atoms with van der Waals surface area (Å²) in [4.78, 5) is 10.8. The molecule has 0 bridgehead atoms. The van der Waals surface area contributed by atoms with Gasteiger partial charge in [-0.25, -0.2) is 9.97 Å². The molecule has 1 heterocycles. The van der Waals surface area contributed by atoms with E-state index in [2.05, 4.69) is 218 Å². The number of hydrogen-bond acceptors (Lipinski definition) is 2. The van der Waals surface area contributed by atoms with E-state index in [1.165, 1.54) is 89.0 Å². The topological polar surface area (TPSA) is 25.8 Å². The van der Waals surface area contributed by atoms with E-state index in [0.717, 1.165) is 28.1 Å². The molecule has 0 saturated carbocycles. The molecule has 2 heteroatoms. The molecule has 0 radical (unpaired) electrons. The lowest BCUT2D eigenvalue weighted by molar-refractivity contribution is 0.794. The van der Waals surface area contributed by atoms with E-state index in [1.807, 2.05) is 0 Å². The van der Waals surface area contributed by atoms with Crippen molar-refractivity contribution in [1.82, 2.24) is 9.97 Å². The maximum atomic E-state index is 5.40. The number of hydrogen-bond donors (Lipinski definition) is 0. The first-order chi connectivity index (χ1) is 30.7. The molecule has 2 spiro atoms. The summed E-state index contributed by atoms with van der Waals surface area (Å²) < 4.78 is 0. The molecule has 0 aliphatic heterocycles. The van der Waals surface area contributed by atoms with Crippen molar-refractivity contribution in [1.29, 1.82) is 0 Å². The van der Waals surface area contributed by atoms with Gasteiger partial charge in [-0.15, -0.1) is 0 Å². The molecule has 0 fully saturated rings. The number of benzene rings is 9. The monoisotopic (exact) mass is 784 g/mol. The number of aromatic nitrogens is 2. The Balaban J connectivity index is 1.00. The van der Waals surface area contributed by atoms with Gasteiger partial charge in [0.15, 0.2) is 5.82 Å². The molecule has 4 aliphatic rings. The second-order valence-corrected chi connectivity index (χ2v) is 17.1. The summed E-state index contributed by atoms with van der Waals surface area (Å²) in [6.07, 6.45) is 0. The molecule has 10 aromatic rings. The van der Waals surface area contributed by atoms with Crippen LogP contribution in [0.25, 0.3) is 78.4 Å². The number of rotatable bonds is 3. The fraction of sp³-hybridized carbons (Fsp3) is 0.0333. The van der Waals surface area contributed by atoms with Gasteiger partial charge < -0.3 is 0 Å². The van der Waals surface area contributed by atoms with Gasteiger partial charge in [-0.1, -0.05) is 200 Å². The number of nitrogens with zero attached hydrogens (tertiary/aromatic N) is 2. The van der Waals surface area contributed by atoms with E-state index in [9.17, 15) is 0 Å². The molecule has 2 nitrogen and oxygen atoms in total. The predicted octanol–water partition coefficient (Wildman–Crippen LogP) is 14.2. The Bertz CT molecular complexity index is 3200. The Hall–Kier alpha value is -7.94. The second kappa shape index (κ2) is 12.3. The summed E-state index contributed by atoms with van der Waals surface area (Å²) in [5.41, 5.74) is 25.0. The molecule has 0 N–H and O–H groups in total. The highest BCUT2D eigenvalue weighted by Gasteiger charge is 2.53. The number of fused-ring (bicyclic) bond motifs is 20. The molecular weight excluding hydrogens is 749 g/mol. The minimum absolute atomic E-state index is 0.440. The fourth-order valence-electron chi connectivity index (χ4n) is 12.0. The van der Waals surface area contributed by atoms with Crippen molar-refractivity contribution < 1.29 is 0 Å². The predicted molar refractivity (Wildman–Crippen MR) is 251 cm³/mol. The zero-order valence-electron chi connectivity index (χ0n) is 33.7. The van der Waals surface area contributed by atoms with Crippen molar-refractivity contribution in [3.8, 4) is 78.4 Å². The highest BCUT2D eigenvalue weighted by Crippen LogP contribution is 2.64. The maximum absolute atomic E-state index is 5.40. The Morgan fingerprint density at radius 1 is 0.226 bits per heavy atom. The summed E-state index contributed by atoms with van der Waals surface area (Å²) in [7, 11) is 0. The molecule has 62 heavy (non-hydrogen) atoms. The van der Waals surface area contributed by atoms with Gasteiger partial charge in [0.2, 0.25) is 0 Å². The first-order valence-electron chi connectivity index (χ1n) is 21.6. The molecule has 0 saturated heterocycles. The zero-order chi connectivity index (χ0) is 40.6. The van der Waals surface area contributed by atoms with Gasteiger partial charge in [-0.05, 0) is 107 Å². The van der Waals surface area contributed by atoms with Crippen LogP contribution in [0.2, 0.25) is 0 Å². The fourth-order valence-corrected chi connectivity index (χ4v) is 12.0. The van der Waals surface area contributed by atoms with Crippen LogP contribution in [0.1, 0.15) is 44.5 Å². The van der Waals surface area contributed by atoms with Crippen LogP contribution in [0, 0.1) is 0 Å². The summed E-state index contributed by atoms with van der Waals surface area (Å²) in [5.74, 6) is 0.711. The van der Waals surface area contributed by atoms with Crippen molar-refractivity contribution in [3.63, 3.8) is 0 Å². The lowest BCUT2D eigenvalue weighted by atomic mass is 9.70. The van der Waals surface area contributed by atoms with Crippen molar-refractivity contribution in [3.05, 3.63) is 263 Å². The van der Waals surface area contributed by atoms with E-state index in [0.29, 0.717) is 5.82 Å². The molecule has 4 aliphatic carbocycles. The van der Waals surface area contributed by atoms with E-state index >= 15 is 0 Å².